The van der Waals surface area contributed by atoms with E-state index in [0.29, 0.717) is 17.4 Å². The summed E-state index contributed by atoms with van der Waals surface area (Å²) in [5.74, 6) is -0.211. The molecule has 4 nitrogen and oxygen atoms in total. The van der Waals surface area contributed by atoms with Gasteiger partial charge in [0.2, 0.25) is 0 Å². The Hall–Kier alpha value is -1.04. The van der Waals surface area contributed by atoms with Gasteiger partial charge in [0, 0.05) is 18.8 Å². The van der Waals surface area contributed by atoms with Crippen LogP contribution in [0.25, 0.3) is 0 Å². The van der Waals surface area contributed by atoms with E-state index in [-0.39, 0.29) is 18.8 Å². The Balaban J connectivity index is 0. The lowest BCUT2D eigenvalue weighted by Gasteiger charge is -2.00. The third-order valence-corrected chi connectivity index (χ3v) is 3.04. The van der Waals surface area contributed by atoms with Gasteiger partial charge in [-0.1, -0.05) is 31.2 Å². The van der Waals surface area contributed by atoms with E-state index in [1.165, 1.54) is 5.56 Å². The SMILES string of the molecule is CCCNC(N)=S.Cl.O=C(O)CCCc1ccc(CCl)cc1. The van der Waals surface area contributed by atoms with E-state index >= 15 is 0 Å². The quantitative estimate of drug-likeness (QED) is 0.508. The first-order chi connectivity index (χ1) is 9.99. The number of halogens is 2. The first-order valence-corrected chi connectivity index (χ1v) is 7.82. The molecule has 0 aromatic heterocycles. The summed E-state index contributed by atoms with van der Waals surface area (Å²) in [4.78, 5) is 10.3. The van der Waals surface area contributed by atoms with Crippen LogP contribution in [0.15, 0.2) is 24.3 Å². The number of rotatable bonds is 7. The van der Waals surface area contributed by atoms with E-state index in [9.17, 15) is 4.79 Å². The highest BCUT2D eigenvalue weighted by Crippen LogP contribution is 2.09. The number of aliphatic carboxylic acids is 1. The number of aryl methyl sites for hydroxylation is 1. The molecule has 0 spiro atoms. The molecule has 0 radical (unpaired) electrons. The van der Waals surface area contributed by atoms with Gasteiger partial charge in [-0.25, -0.2) is 0 Å². The van der Waals surface area contributed by atoms with Gasteiger partial charge < -0.3 is 16.2 Å². The highest BCUT2D eigenvalue weighted by molar-refractivity contribution is 7.80. The maximum atomic E-state index is 10.3. The monoisotopic (exact) mass is 366 g/mol. The highest BCUT2D eigenvalue weighted by atomic mass is 35.5. The van der Waals surface area contributed by atoms with Crippen LogP contribution in [0.3, 0.4) is 0 Å². The fourth-order valence-corrected chi connectivity index (χ4v) is 1.77. The number of carbonyl (C=O) groups is 1. The molecule has 0 aliphatic heterocycles. The fourth-order valence-electron chi connectivity index (χ4n) is 1.49. The summed E-state index contributed by atoms with van der Waals surface area (Å²) in [5.41, 5.74) is 7.36. The molecule has 1 aromatic rings. The summed E-state index contributed by atoms with van der Waals surface area (Å²) >= 11 is 10.2. The first kappa shape index (κ1) is 23.2. The fraction of sp³-hybridized carbons (Fsp3) is 0.467. The predicted octanol–water partition coefficient (Wildman–Crippen LogP) is 3.48. The average molecular weight is 367 g/mol. The maximum absolute atomic E-state index is 10.3. The van der Waals surface area contributed by atoms with Crippen LogP contribution in [-0.2, 0) is 17.1 Å². The van der Waals surface area contributed by atoms with Crippen LogP contribution < -0.4 is 11.1 Å². The second-order valence-corrected chi connectivity index (χ2v) is 5.20. The molecule has 0 saturated heterocycles. The van der Waals surface area contributed by atoms with E-state index in [2.05, 4.69) is 24.5 Å². The van der Waals surface area contributed by atoms with Gasteiger partial charge in [0.1, 0.15) is 0 Å². The van der Waals surface area contributed by atoms with Crippen molar-refractivity contribution in [1.82, 2.24) is 5.32 Å². The van der Waals surface area contributed by atoms with Crippen LogP contribution in [0.1, 0.15) is 37.3 Å². The average Bonchev–Trinajstić information content (AvgIpc) is 2.46. The van der Waals surface area contributed by atoms with Gasteiger partial charge in [-0.05, 0) is 42.6 Å². The standard InChI is InChI=1S/C11H13ClO2.C4H10N2S.ClH/c12-8-10-6-4-9(5-7-10)2-1-3-11(13)14;1-2-3-6-4(5)7;/h4-7H,1-3,8H2,(H,13,14);2-3H2,1H3,(H3,5,6,7);1H. The number of hydrogen-bond acceptors (Lipinski definition) is 2. The normalized spacial score (nSPS) is 9.00. The molecule has 0 unspecified atom stereocenters. The topological polar surface area (TPSA) is 75.3 Å². The van der Waals surface area contributed by atoms with Crippen LogP contribution in [-0.4, -0.2) is 22.7 Å². The number of hydrogen-bond donors (Lipinski definition) is 3. The largest absolute Gasteiger partial charge is 0.481 e. The van der Waals surface area contributed by atoms with Gasteiger partial charge >= 0.3 is 5.97 Å². The van der Waals surface area contributed by atoms with Gasteiger partial charge in [-0.2, -0.15) is 0 Å². The number of carboxylic acid groups (broad SMARTS) is 1. The Kier molecular flexibility index (Phi) is 15.7. The zero-order valence-corrected chi connectivity index (χ0v) is 15.1. The van der Waals surface area contributed by atoms with Gasteiger partial charge in [-0.3, -0.25) is 4.79 Å². The number of benzene rings is 1. The molecule has 0 aliphatic rings. The lowest BCUT2D eigenvalue weighted by atomic mass is 10.1. The van der Waals surface area contributed by atoms with E-state index in [1.54, 1.807) is 0 Å². The minimum absolute atomic E-state index is 0. The minimum atomic E-state index is -0.734. The summed E-state index contributed by atoms with van der Waals surface area (Å²) < 4.78 is 0. The summed E-state index contributed by atoms with van der Waals surface area (Å²) in [5, 5.41) is 11.7. The van der Waals surface area contributed by atoms with Crippen molar-refractivity contribution in [2.75, 3.05) is 6.54 Å². The van der Waals surface area contributed by atoms with Crippen molar-refractivity contribution in [2.45, 2.75) is 38.5 Å². The van der Waals surface area contributed by atoms with E-state index in [1.807, 2.05) is 24.3 Å². The van der Waals surface area contributed by atoms with Gasteiger partial charge in [0.05, 0.1) is 0 Å². The van der Waals surface area contributed by atoms with Gasteiger partial charge in [0.25, 0.3) is 0 Å². The Labute approximate surface area is 148 Å². The highest BCUT2D eigenvalue weighted by Gasteiger charge is 1.98. The molecule has 22 heavy (non-hydrogen) atoms. The van der Waals surface area contributed by atoms with Crippen molar-refractivity contribution in [3.8, 4) is 0 Å². The number of thiocarbonyl (C=S) groups is 1. The molecule has 7 heteroatoms. The molecular weight excluding hydrogens is 343 g/mol. The van der Waals surface area contributed by atoms with Crippen LogP contribution in [0.4, 0.5) is 0 Å². The molecule has 0 saturated carbocycles. The second kappa shape index (κ2) is 14.9. The van der Waals surface area contributed by atoms with Crippen molar-refractivity contribution in [3.63, 3.8) is 0 Å². The zero-order chi connectivity index (χ0) is 16.1. The lowest BCUT2D eigenvalue weighted by molar-refractivity contribution is -0.137. The smallest absolute Gasteiger partial charge is 0.303 e. The summed E-state index contributed by atoms with van der Waals surface area (Å²) in [6.07, 6.45) is 2.80. The second-order valence-electron chi connectivity index (χ2n) is 4.49. The predicted molar refractivity (Wildman–Crippen MR) is 98.9 cm³/mol. The molecule has 0 aliphatic carbocycles. The van der Waals surface area contributed by atoms with Crippen molar-refractivity contribution < 1.29 is 9.90 Å². The molecule has 0 amide bonds. The number of carboxylic acids is 1. The number of nitrogens with two attached hydrogens (primary N) is 1. The zero-order valence-electron chi connectivity index (χ0n) is 12.7. The molecular formula is C15H24Cl2N2O2S. The third kappa shape index (κ3) is 13.9. The van der Waals surface area contributed by atoms with Crippen molar-refractivity contribution in [2.24, 2.45) is 5.73 Å². The summed E-state index contributed by atoms with van der Waals surface area (Å²) in [6.45, 7) is 2.95. The van der Waals surface area contributed by atoms with Gasteiger partial charge in [-0.15, -0.1) is 24.0 Å². The van der Waals surface area contributed by atoms with E-state index in [0.717, 1.165) is 24.9 Å². The molecule has 0 bridgehead atoms. The van der Waals surface area contributed by atoms with E-state index < -0.39 is 5.97 Å². The third-order valence-electron chi connectivity index (χ3n) is 2.58. The molecule has 1 aromatic carbocycles. The molecule has 1 rings (SSSR count). The molecule has 4 N–H and O–H groups in total. The Morgan fingerprint density at radius 3 is 2.23 bits per heavy atom. The van der Waals surface area contributed by atoms with E-state index in [4.69, 9.17) is 22.4 Å². The lowest BCUT2D eigenvalue weighted by Crippen LogP contribution is -2.29. The maximum Gasteiger partial charge on any atom is 0.303 e. The number of nitrogens with one attached hydrogen (secondary N) is 1. The summed E-state index contributed by atoms with van der Waals surface area (Å²) in [6, 6.07) is 7.95. The first-order valence-electron chi connectivity index (χ1n) is 6.88. The van der Waals surface area contributed by atoms with Crippen molar-refractivity contribution in [1.29, 1.82) is 0 Å². The molecule has 0 atom stereocenters. The van der Waals surface area contributed by atoms with Crippen LogP contribution in [0.2, 0.25) is 0 Å². The Morgan fingerprint density at radius 1 is 1.32 bits per heavy atom. The Morgan fingerprint density at radius 2 is 1.86 bits per heavy atom. The van der Waals surface area contributed by atoms with Crippen LogP contribution in [0.5, 0.6) is 0 Å². The molecule has 126 valence electrons. The van der Waals surface area contributed by atoms with Crippen molar-refractivity contribution >= 4 is 47.3 Å². The number of alkyl halides is 1. The Bertz CT molecular complexity index is 428. The minimum Gasteiger partial charge on any atom is -0.481 e. The molecule has 0 fully saturated rings. The van der Waals surface area contributed by atoms with Gasteiger partial charge in [0.15, 0.2) is 5.11 Å². The summed E-state index contributed by atoms with van der Waals surface area (Å²) in [7, 11) is 0. The van der Waals surface area contributed by atoms with Crippen molar-refractivity contribution in [3.05, 3.63) is 35.4 Å². The molecule has 0 heterocycles. The van der Waals surface area contributed by atoms with Crippen LogP contribution >= 0.6 is 36.2 Å². The van der Waals surface area contributed by atoms with Crippen LogP contribution in [0, 0.1) is 0 Å².